The molecule has 0 amide bonds. The fourth-order valence-corrected chi connectivity index (χ4v) is 0.665. The Balaban J connectivity index is 4.61. The number of hydrogen-bond acceptors (Lipinski definition) is 3. The average Bonchev–Trinajstić information content (AvgIpc) is 1.65. The van der Waals surface area contributed by atoms with E-state index in [9.17, 15) is 14.2 Å². The van der Waals surface area contributed by atoms with Crippen molar-refractivity contribution in [2.24, 2.45) is 0 Å². The predicted molar refractivity (Wildman–Crippen MR) is 31.2 cm³/mol. The Kier molecular flexibility index (Phi) is 2.29. The van der Waals surface area contributed by atoms with Crippen molar-refractivity contribution < 1.29 is 19.0 Å². The smallest absolute Gasteiger partial charge is 0.327 e. The molecule has 0 aromatic heterocycles. The maximum absolute atomic E-state index is 10.5. The van der Waals surface area contributed by atoms with E-state index < -0.39 is 18.4 Å². The van der Waals surface area contributed by atoms with Crippen LogP contribution in [-0.4, -0.2) is 15.9 Å². The molecule has 0 saturated heterocycles. The summed E-state index contributed by atoms with van der Waals surface area (Å²) in [5.74, 6) is 0. The van der Waals surface area contributed by atoms with E-state index >= 15 is 0 Å². The van der Waals surface area contributed by atoms with Crippen molar-refractivity contribution >= 4 is 18.4 Å². The molecule has 0 unspecified atom stereocenters. The van der Waals surface area contributed by atoms with E-state index in [1.807, 2.05) is 0 Å². The van der Waals surface area contributed by atoms with Crippen LogP contribution in [0, 0.1) is 0 Å². The predicted octanol–water partition coefficient (Wildman–Crippen LogP) is 0.350. The van der Waals surface area contributed by atoms with Gasteiger partial charge in [-0.3, -0.25) is 14.2 Å². The lowest BCUT2D eigenvalue weighted by Gasteiger charge is -1.99. The second kappa shape index (κ2) is 2.42. The van der Waals surface area contributed by atoms with Gasteiger partial charge >= 0.3 is 7.37 Å². The number of hydrogen-bond donors (Lipinski definition) is 1. The van der Waals surface area contributed by atoms with Crippen LogP contribution >= 0.6 is 7.37 Å². The highest BCUT2D eigenvalue weighted by Crippen LogP contribution is 2.41. The van der Waals surface area contributed by atoms with Crippen LogP contribution in [0.1, 0.15) is 13.8 Å². The SMILES string of the molecule is CC(=O)P(=O)(O)C(C)=O. The first kappa shape index (κ1) is 8.53. The summed E-state index contributed by atoms with van der Waals surface area (Å²) < 4.78 is 10.5. The quantitative estimate of drug-likeness (QED) is 0.576. The molecule has 52 valence electrons. The molecule has 0 rings (SSSR count). The second-order valence-corrected chi connectivity index (χ2v) is 4.03. The van der Waals surface area contributed by atoms with Gasteiger partial charge in [0.1, 0.15) is 0 Å². The van der Waals surface area contributed by atoms with E-state index in [0.717, 1.165) is 13.8 Å². The molecule has 0 aliphatic carbocycles. The first-order chi connectivity index (χ1) is 3.89. The van der Waals surface area contributed by atoms with Gasteiger partial charge in [0.15, 0.2) is 0 Å². The summed E-state index contributed by atoms with van der Waals surface area (Å²) in [6.07, 6.45) is 0. The van der Waals surface area contributed by atoms with Crippen molar-refractivity contribution in [3.63, 3.8) is 0 Å². The third-order valence-electron chi connectivity index (χ3n) is 0.854. The van der Waals surface area contributed by atoms with Crippen molar-refractivity contribution in [1.82, 2.24) is 0 Å². The Morgan fingerprint density at radius 2 is 1.44 bits per heavy atom. The van der Waals surface area contributed by atoms with Gasteiger partial charge in [0.2, 0.25) is 11.0 Å². The second-order valence-electron chi connectivity index (χ2n) is 1.61. The molecule has 0 aromatic carbocycles. The Morgan fingerprint density at radius 3 is 1.44 bits per heavy atom. The third kappa shape index (κ3) is 1.73. The minimum atomic E-state index is -4.11. The third-order valence-corrected chi connectivity index (χ3v) is 2.56. The topological polar surface area (TPSA) is 71.4 Å². The summed E-state index contributed by atoms with van der Waals surface area (Å²) in [5.41, 5.74) is -1.93. The fourth-order valence-electron chi connectivity index (χ4n) is 0.222. The minimum absolute atomic E-state index is 0.919. The number of rotatable bonds is 2. The van der Waals surface area contributed by atoms with Gasteiger partial charge in [0, 0.05) is 13.8 Å². The van der Waals surface area contributed by atoms with Crippen LogP contribution in [-0.2, 0) is 14.2 Å². The van der Waals surface area contributed by atoms with Crippen LogP contribution in [0.25, 0.3) is 0 Å². The van der Waals surface area contributed by atoms with E-state index in [1.54, 1.807) is 0 Å². The maximum Gasteiger partial charge on any atom is 0.327 e. The standard InChI is InChI=1S/C4H7O4P/c1-3(5)9(7,8)4(2)6/h1-2H3,(H,7,8). The lowest BCUT2D eigenvalue weighted by molar-refractivity contribution is -0.114. The van der Waals surface area contributed by atoms with Crippen LogP contribution in [0.4, 0.5) is 0 Å². The molecule has 0 saturated carbocycles. The van der Waals surface area contributed by atoms with E-state index in [-0.39, 0.29) is 0 Å². The van der Waals surface area contributed by atoms with Crippen molar-refractivity contribution in [3.05, 3.63) is 0 Å². The van der Waals surface area contributed by atoms with Crippen molar-refractivity contribution in [2.45, 2.75) is 13.8 Å². The zero-order valence-electron chi connectivity index (χ0n) is 5.12. The van der Waals surface area contributed by atoms with Gasteiger partial charge in [-0.1, -0.05) is 0 Å². The highest BCUT2D eigenvalue weighted by molar-refractivity contribution is 7.89. The summed E-state index contributed by atoms with van der Waals surface area (Å²) in [4.78, 5) is 28.9. The largest absolute Gasteiger partial charge is 0.334 e. The molecule has 4 nitrogen and oxygen atoms in total. The highest BCUT2D eigenvalue weighted by atomic mass is 31.2. The van der Waals surface area contributed by atoms with Crippen LogP contribution in [0.2, 0.25) is 0 Å². The molecular weight excluding hydrogens is 143 g/mol. The van der Waals surface area contributed by atoms with Crippen molar-refractivity contribution in [2.75, 3.05) is 0 Å². The molecule has 0 aliphatic heterocycles. The van der Waals surface area contributed by atoms with E-state index in [0.29, 0.717) is 0 Å². The molecule has 0 atom stereocenters. The summed E-state index contributed by atoms with van der Waals surface area (Å²) >= 11 is 0. The summed E-state index contributed by atoms with van der Waals surface area (Å²) in [7, 11) is -4.11. The van der Waals surface area contributed by atoms with Crippen molar-refractivity contribution in [3.8, 4) is 0 Å². The molecule has 0 spiro atoms. The van der Waals surface area contributed by atoms with Crippen LogP contribution in [0.3, 0.4) is 0 Å². The fraction of sp³-hybridized carbons (Fsp3) is 0.500. The Morgan fingerprint density at radius 1 is 1.22 bits per heavy atom. The summed E-state index contributed by atoms with van der Waals surface area (Å²) in [6, 6.07) is 0. The molecular formula is C4H7O4P. The van der Waals surface area contributed by atoms with E-state index in [2.05, 4.69) is 0 Å². The zero-order valence-corrected chi connectivity index (χ0v) is 6.01. The summed E-state index contributed by atoms with van der Waals surface area (Å²) in [6.45, 7) is 1.84. The van der Waals surface area contributed by atoms with E-state index in [4.69, 9.17) is 4.89 Å². The molecule has 0 fully saturated rings. The van der Waals surface area contributed by atoms with Gasteiger partial charge in [-0.15, -0.1) is 0 Å². The van der Waals surface area contributed by atoms with Crippen LogP contribution < -0.4 is 0 Å². The molecule has 0 aliphatic rings. The molecule has 9 heavy (non-hydrogen) atoms. The molecule has 1 N–H and O–H groups in total. The van der Waals surface area contributed by atoms with E-state index in [1.165, 1.54) is 0 Å². The van der Waals surface area contributed by atoms with Gasteiger partial charge in [0.25, 0.3) is 0 Å². The lowest BCUT2D eigenvalue weighted by Crippen LogP contribution is -2.00. The minimum Gasteiger partial charge on any atom is -0.334 e. The molecule has 0 radical (unpaired) electrons. The van der Waals surface area contributed by atoms with Crippen LogP contribution in [0.15, 0.2) is 0 Å². The Hall–Kier alpha value is -0.470. The molecule has 0 bridgehead atoms. The van der Waals surface area contributed by atoms with Crippen molar-refractivity contribution in [1.29, 1.82) is 0 Å². The normalized spacial score (nSPS) is 11.0. The van der Waals surface area contributed by atoms with Gasteiger partial charge in [-0.25, -0.2) is 0 Å². The van der Waals surface area contributed by atoms with Gasteiger partial charge in [0.05, 0.1) is 0 Å². The van der Waals surface area contributed by atoms with Gasteiger partial charge in [-0.2, -0.15) is 0 Å². The number of carbonyl (C=O) groups is 2. The van der Waals surface area contributed by atoms with Crippen LogP contribution in [0.5, 0.6) is 0 Å². The lowest BCUT2D eigenvalue weighted by atomic mass is 10.9. The molecule has 0 heterocycles. The summed E-state index contributed by atoms with van der Waals surface area (Å²) in [5, 5.41) is 0. The maximum atomic E-state index is 10.5. The number of carbonyl (C=O) groups excluding carboxylic acids is 2. The first-order valence-corrected chi connectivity index (χ1v) is 3.90. The first-order valence-electron chi connectivity index (χ1n) is 2.24. The molecule has 0 aromatic rings. The highest BCUT2D eigenvalue weighted by Gasteiger charge is 2.29. The molecule has 5 heteroatoms. The van der Waals surface area contributed by atoms with Gasteiger partial charge < -0.3 is 4.89 Å². The zero-order chi connectivity index (χ0) is 7.65. The van der Waals surface area contributed by atoms with Gasteiger partial charge in [-0.05, 0) is 0 Å². The monoisotopic (exact) mass is 150 g/mol. The Labute approximate surface area is 52.3 Å². The average molecular weight is 150 g/mol. The Bertz CT molecular complexity index is 177.